The van der Waals surface area contributed by atoms with Crippen molar-refractivity contribution in [2.75, 3.05) is 13.2 Å². The minimum absolute atomic E-state index is 0.117. The van der Waals surface area contributed by atoms with E-state index >= 15 is 0 Å². The monoisotopic (exact) mass is 400 g/mol. The summed E-state index contributed by atoms with van der Waals surface area (Å²) in [7, 11) is -2.00. The number of esters is 2. The van der Waals surface area contributed by atoms with Crippen LogP contribution < -0.4 is 0 Å². The summed E-state index contributed by atoms with van der Waals surface area (Å²) in [5.74, 6) is -1.38. The zero-order chi connectivity index (χ0) is 20.5. The van der Waals surface area contributed by atoms with Crippen molar-refractivity contribution in [2.24, 2.45) is 0 Å². The van der Waals surface area contributed by atoms with Crippen LogP contribution in [0.3, 0.4) is 0 Å². The van der Waals surface area contributed by atoms with Crippen LogP contribution in [0.15, 0.2) is 12.2 Å². The second-order valence-electron chi connectivity index (χ2n) is 6.68. The average molecular weight is 401 g/mol. The molecule has 0 rings (SSSR count). The van der Waals surface area contributed by atoms with Gasteiger partial charge in [-0.3, -0.25) is 4.79 Å². The molecule has 0 saturated carbocycles. The van der Waals surface area contributed by atoms with E-state index in [1.807, 2.05) is 6.92 Å². The summed E-state index contributed by atoms with van der Waals surface area (Å²) in [6, 6.07) is 3.02. The van der Waals surface area contributed by atoms with Crippen LogP contribution in [0.25, 0.3) is 0 Å². The molecule has 0 atom stereocenters. The SMILES string of the molecule is CCCOC(=O)C=CC(=O)OCCCC(=O)O[Si](CCC)(CCC)CCC. The van der Waals surface area contributed by atoms with Gasteiger partial charge in [-0.15, -0.1) is 0 Å². The molecular weight excluding hydrogens is 364 g/mol. The van der Waals surface area contributed by atoms with Crippen molar-refractivity contribution in [3.05, 3.63) is 12.2 Å². The summed E-state index contributed by atoms with van der Waals surface area (Å²) in [5, 5.41) is 0. The lowest BCUT2D eigenvalue weighted by Crippen LogP contribution is -2.40. The highest BCUT2D eigenvalue weighted by Crippen LogP contribution is 2.28. The maximum Gasteiger partial charge on any atom is 0.331 e. The van der Waals surface area contributed by atoms with Crippen LogP contribution in [0.5, 0.6) is 0 Å². The third kappa shape index (κ3) is 12.4. The van der Waals surface area contributed by atoms with Crippen molar-refractivity contribution >= 4 is 26.2 Å². The van der Waals surface area contributed by atoms with E-state index in [0.717, 1.165) is 56.0 Å². The normalized spacial score (nSPS) is 11.4. The minimum Gasteiger partial charge on any atom is -0.519 e. The fourth-order valence-electron chi connectivity index (χ4n) is 3.01. The maximum atomic E-state index is 12.2. The molecule has 156 valence electrons. The number of carbonyl (C=O) groups excluding carboxylic acids is 3. The van der Waals surface area contributed by atoms with Gasteiger partial charge in [-0.25, -0.2) is 9.59 Å². The van der Waals surface area contributed by atoms with E-state index < -0.39 is 20.3 Å². The standard InChI is InChI=1S/C20H36O6Si/c1-5-13-24-18(21)11-12-19(22)25-14-9-10-20(23)26-27(15-6-2,16-7-3)17-8-4/h11-12H,5-10,13-17H2,1-4H3. The van der Waals surface area contributed by atoms with Crippen molar-refractivity contribution in [3.63, 3.8) is 0 Å². The molecule has 0 spiro atoms. The van der Waals surface area contributed by atoms with Crippen molar-refractivity contribution in [2.45, 2.75) is 84.4 Å². The summed E-state index contributed by atoms with van der Waals surface area (Å²) >= 11 is 0. The number of hydrogen-bond acceptors (Lipinski definition) is 6. The number of ether oxygens (including phenoxy) is 2. The quantitative estimate of drug-likeness (QED) is 0.174. The van der Waals surface area contributed by atoms with Crippen LogP contribution in [0, 0.1) is 0 Å². The van der Waals surface area contributed by atoms with Crippen molar-refractivity contribution in [1.29, 1.82) is 0 Å². The van der Waals surface area contributed by atoms with Gasteiger partial charge in [0.15, 0.2) is 0 Å². The molecule has 7 heteroatoms. The fourth-order valence-corrected chi connectivity index (χ4v) is 7.39. The van der Waals surface area contributed by atoms with Crippen LogP contribution in [0.1, 0.15) is 66.2 Å². The van der Waals surface area contributed by atoms with E-state index in [2.05, 4.69) is 20.8 Å². The van der Waals surface area contributed by atoms with Crippen LogP contribution in [0.2, 0.25) is 18.1 Å². The Balaban J connectivity index is 4.24. The van der Waals surface area contributed by atoms with Gasteiger partial charge in [0.25, 0.3) is 14.3 Å². The van der Waals surface area contributed by atoms with Gasteiger partial charge in [-0.05, 0) is 31.0 Å². The van der Waals surface area contributed by atoms with Crippen molar-refractivity contribution in [1.82, 2.24) is 0 Å². The fraction of sp³-hybridized carbons (Fsp3) is 0.750. The molecule has 0 aliphatic heterocycles. The molecule has 0 radical (unpaired) electrons. The minimum atomic E-state index is -2.00. The van der Waals surface area contributed by atoms with Gasteiger partial charge >= 0.3 is 11.9 Å². The Morgan fingerprint density at radius 2 is 1.22 bits per heavy atom. The summed E-state index contributed by atoms with van der Waals surface area (Å²) in [6.45, 7) is 8.71. The first-order valence-electron chi connectivity index (χ1n) is 10.2. The Bertz CT molecular complexity index is 458. The Morgan fingerprint density at radius 1 is 0.741 bits per heavy atom. The highest BCUT2D eigenvalue weighted by molar-refractivity contribution is 6.75. The van der Waals surface area contributed by atoms with E-state index in [9.17, 15) is 14.4 Å². The average Bonchev–Trinajstić information content (AvgIpc) is 2.62. The second-order valence-corrected chi connectivity index (χ2v) is 10.7. The molecule has 0 aliphatic rings. The van der Waals surface area contributed by atoms with E-state index in [-0.39, 0.29) is 19.0 Å². The lowest BCUT2D eigenvalue weighted by Gasteiger charge is -2.30. The van der Waals surface area contributed by atoms with Gasteiger partial charge in [-0.2, -0.15) is 0 Å². The lowest BCUT2D eigenvalue weighted by atomic mass is 10.3. The number of hydrogen-bond donors (Lipinski definition) is 0. The Kier molecular flexibility index (Phi) is 14.5. The molecule has 27 heavy (non-hydrogen) atoms. The molecule has 0 aromatic rings. The molecule has 6 nitrogen and oxygen atoms in total. The second kappa shape index (κ2) is 15.4. The van der Waals surface area contributed by atoms with Crippen molar-refractivity contribution in [3.8, 4) is 0 Å². The summed E-state index contributed by atoms with van der Waals surface area (Å²) in [4.78, 5) is 35.0. The van der Waals surface area contributed by atoms with Gasteiger partial charge in [0.2, 0.25) is 0 Å². The summed E-state index contributed by atoms with van der Waals surface area (Å²) in [6.07, 6.45) is 6.55. The van der Waals surface area contributed by atoms with Crippen LogP contribution in [0.4, 0.5) is 0 Å². The molecule has 0 aromatic heterocycles. The summed E-state index contributed by atoms with van der Waals surface area (Å²) in [5.41, 5.74) is 0. The van der Waals surface area contributed by atoms with Gasteiger partial charge < -0.3 is 13.9 Å². The lowest BCUT2D eigenvalue weighted by molar-refractivity contribution is -0.141. The molecule has 0 amide bonds. The Morgan fingerprint density at radius 3 is 1.67 bits per heavy atom. The van der Waals surface area contributed by atoms with E-state index in [0.29, 0.717) is 13.0 Å². The van der Waals surface area contributed by atoms with Gasteiger partial charge in [0.05, 0.1) is 13.2 Å². The molecule has 0 aromatic carbocycles. The van der Waals surface area contributed by atoms with Crippen LogP contribution in [-0.4, -0.2) is 39.4 Å². The highest BCUT2D eigenvalue weighted by atomic mass is 28.4. The van der Waals surface area contributed by atoms with E-state index in [4.69, 9.17) is 13.9 Å². The Labute approximate surface area is 164 Å². The highest BCUT2D eigenvalue weighted by Gasteiger charge is 2.35. The van der Waals surface area contributed by atoms with Crippen LogP contribution in [-0.2, 0) is 28.3 Å². The van der Waals surface area contributed by atoms with Gasteiger partial charge in [0, 0.05) is 18.6 Å². The molecule has 0 N–H and O–H groups in total. The Hall–Kier alpha value is -1.63. The molecule has 0 bridgehead atoms. The zero-order valence-corrected chi connectivity index (χ0v) is 18.4. The van der Waals surface area contributed by atoms with E-state index in [1.54, 1.807) is 0 Å². The molecule has 0 aliphatic carbocycles. The van der Waals surface area contributed by atoms with E-state index in [1.165, 1.54) is 0 Å². The van der Waals surface area contributed by atoms with Crippen molar-refractivity contribution < 1.29 is 28.3 Å². The molecular formula is C20H36O6Si. The van der Waals surface area contributed by atoms with Gasteiger partial charge in [0.1, 0.15) is 0 Å². The first-order chi connectivity index (χ1) is 12.9. The smallest absolute Gasteiger partial charge is 0.331 e. The molecule has 0 heterocycles. The predicted octanol–water partition coefficient (Wildman–Crippen LogP) is 4.54. The number of rotatable bonds is 15. The first-order valence-corrected chi connectivity index (χ1v) is 12.7. The zero-order valence-electron chi connectivity index (χ0n) is 17.4. The number of carbonyl (C=O) groups is 3. The predicted molar refractivity (Wildman–Crippen MR) is 108 cm³/mol. The third-order valence-corrected chi connectivity index (χ3v) is 8.92. The van der Waals surface area contributed by atoms with Gasteiger partial charge in [-0.1, -0.05) is 47.0 Å². The molecule has 0 saturated heterocycles. The van der Waals surface area contributed by atoms with Crippen LogP contribution >= 0.6 is 0 Å². The topological polar surface area (TPSA) is 78.9 Å². The molecule has 0 fully saturated rings. The largest absolute Gasteiger partial charge is 0.519 e. The maximum absolute atomic E-state index is 12.2. The first kappa shape index (κ1) is 25.4. The molecule has 0 unspecified atom stereocenters. The summed E-state index contributed by atoms with van der Waals surface area (Å²) < 4.78 is 15.8. The third-order valence-electron chi connectivity index (χ3n) is 4.02.